The molecule has 5 nitrogen and oxygen atoms in total. The first-order chi connectivity index (χ1) is 5.65. The minimum absolute atomic E-state index is 0.0452. The van der Waals surface area contributed by atoms with E-state index in [4.69, 9.17) is 5.26 Å². The number of nitriles is 1. The number of H-pyrrole nitrogens is 1. The van der Waals surface area contributed by atoms with Gasteiger partial charge >= 0.3 is 5.69 Å². The normalized spacial score (nSPS) is 9.33. The largest absolute Gasteiger partial charge is 0.329 e. The number of hydrogen-bond donors (Lipinski definition) is 1. The molecule has 0 saturated carbocycles. The average molecular weight is 165 g/mol. The molecule has 1 rings (SSSR count). The van der Waals surface area contributed by atoms with Crippen molar-refractivity contribution < 1.29 is 0 Å². The molecule has 1 heterocycles. The summed E-state index contributed by atoms with van der Waals surface area (Å²) in [6.07, 6.45) is 1.37. The molecular weight excluding hydrogens is 158 g/mol. The second-order valence-corrected chi connectivity index (χ2v) is 2.36. The monoisotopic (exact) mass is 165 g/mol. The Hall–Kier alpha value is -1.83. The van der Waals surface area contributed by atoms with Gasteiger partial charge < -0.3 is 0 Å². The van der Waals surface area contributed by atoms with E-state index in [-0.39, 0.29) is 6.54 Å². The zero-order valence-electron chi connectivity index (χ0n) is 6.50. The van der Waals surface area contributed by atoms with Gasteiger partial charge in [-0.15, -0.1) is 0 Å². The maximum absolute atomic E-state index is 10.9. The zero-order valence-corrected chi connectivity index (χ0v) is 6.50. The molecule has 0 atom stereocenters. The van der Waals surface area contributed by atoms with Crippen molar-refractivity contribution in [2.75, 3.05) is 0 Å². The van der Waals surface area contributed by atoms with E-state index in [9.17, 15) is 9.59 Å². The first-order valence-electron chi connectivity index (χ1n) is 3.32. The molecule has 0 fully saturated rings. The van der Waals surface area contributed by atoms with E-state index in [0.29, 0.717) is 5.56 Å². The highest BCUT2D eigenvalue weighted by molar-refractivity contribution is 5.01. The topological polar surface area (TPSA) is 78.7 Å². The lowest BCUT2D eigenvalue weighted by Crippen LogP contribution is -2.30. The second-order valence-electron chi connectivity index (χ2n) is 2.36. The van der Waals surface area contributed by atoms with Crippen LogP contribution in [0.4, 0.5) is 0 Å². The smallest absolute Gasteiger partial charge is 0.287 e. The van der Waals surface area contributed by atoms with Crippen molar-refractivity contribution in [3.63, 3.8) is 0 Å². The van der Waals surface area contributed by atoms with Crippen LogP contribution in [0.15, 0.2) is 15.8 Å². The number of nitrogens with one attached hydrogen (secondary N) is 1. The van der Waals surface area contributed by atoms with Gasteiger partial charge in [-0.05, 0) is 6.92 Å². The lowest BCUT2D eigenvalue weighted by Gasteiger charge is -1.98. The van der Waals surface area contributed by atoms with E-state index in [2.05, 4.69) is 4.98 Å². The van der Waals surface area contributed by atoms with E-state index in [1.165, 1.54) is 6.20 Å². The van der Waals surface area contributed by atoms with Crippen LogP contribution in [-0.2, 0) is 6.54 Å². The average Bonchev–Trinajstić information content (AvgIpc) is 2.01. The predicted molar refractivity (Wildman–Crippen MR) is 41.7 cm³/mol. The molecule has 0 aliphatic heterocycles. The van der Waals surface area contributed by atoms with Gasteiger partial charge in [0.05, 0.1) is 6.07 Å². The molecule has 0 spiro atoms. The van der Waals surface area contributed by atoms with Crippen LogP contribution in [0.5, 0.6) is 0 Å². The Morgan fingerprint density at radius 2 is 2.33 bits per heavy atom. The van der Waals surface area contributed by atoms with Crippen LogP contribution in [0.2, 0.25) is 0 Å². The van der Waals surface area contributed by atoms with Crippen LogP contribution in [0.1, 0.15) is 5.56 Å². The van der Waals surface area contributed by atoms with Gasteiger partial charge in [0.25, 0.3) is 5.56 Å². The van der Waals surface area contributed by atoms with Gasteiger partial charge in [0.1, 0.15) is 6.54 Å². The first-order valence-corrected chi connectivity index (χ1v) is 3.32. The zero-order chi connectivity index (χ0) is 9.14. The summed E-state index contributed by atoms with van der Waals surface area (Å²) < 4.78 is 1.15. The van der Waals surface area contributed by atoms with E-state index in [1.807, 2.05) is 6.07 Å². The number of aryl methyl sites for hydroxylation is 1. The fourth-order valence-corrected chi connectivity index (χ4v) is 0.812. The van der Waals surface area contributed by atoms with Crippen molar-refractivity contribution in [2.24, 2.45) is 0 Å². The molecule has 62 valence electrons. The molecule has 0 aliphatic rings. The number of hydrogen-bond acceptors (Lipinski definition) is 3. The summed E-state index contributed by atoms with van der Waals surface area (Å²) in [6.45, 7) is 1.53. The maximum atomic E-state index is 10.9. The minimum atomic E-state index is -0.549. The van der Waals surface area contributed by atoms with Crippen molar-refractivity contribution in [3.8, 4) is 6.07 Å². The number of aromatic nitrogens is 2. The molecule has 0 aromatic carbocycles. The van der Waals surface area contributed by atoms with Crippen LogP contribution in [0, 0.1) is 18.3 Å². The third-order valence-electron chi connectivity index (χ3n) is 1.43. The quantitative estimate of drug-likeness (QED) is 0.601. The molecule has 12 heavy (non-hydrogen) atoms. The summed E-state index contributed by atoms with van der Waals surface area (Å²) >= 11 is 0. The second kappa shape index (κ2) is 3.05. The maximum Gasteiger partial charge on any atom is 0.329 e. The Kier molecular flexibility index (Phi) is 2.10. The van der Waals surface area contributed by atoms with Crippen molar-refractivity contribution in [2.45, 2.75) is 13.5 Å². The minimum Gasteiger partial charge on any atom is -0.287 e. The third kappa shape index (κ3) is 1.42. The SMILES string of the molecule is Cc1cn(CC#N)c(=O)[nH]c1=O. The molecular formula is C7H7N3O2. The molecule has 1 N–H and O–H groups in total. The molecule has 0 aliphatic carbocycles. The Labute approximate surface area is 67.9 Å². The van der Waals surface area contributed by atoms with Crippen LogP contribution >= 0.6 is 0 Å². The molecule has 1 aromatic heterocycles. The van der Waals surface area contributed by atoms with Crippen molar-refractivity contribution in [1.29, 1.82) is 5.26 Å². The lowest BCUT2D eigenvalue weighted by molar-refractivity contribution is 0.736. The number of nitrogens with zero attached hydrogens (tertiary/aromatic N) is 2. The van der Waals surface area contributed by atoms with Gasteiger partial charge in [0, 0.05) is 11.8 Å². The molecule has 0 unspecified atom stereocenters. The van der Waals surface area contributed by atoms with Crippen LogP contribution < -0.4 is 11.2 Å². The van der Waals surface area contributed by atoms with Gasteiger partial charge in [0.15, 0.2) is 0 Å². The van der Waals surface area contributed by atoms with Gasteiger partial charge in [-0.2, -0.15) is 5.26 Å². The highest BCUT2D eigenvalue weighted by Crippen LogP contribution is 1.82. The molecule has 1 aromatic rings. The van der Waals surface area contributed by atoms with Crippen molar-refractivity contribution in [1.82, 2.24) is 9.55 Å². The fraction of sp³-hybridized carbons (Fsp3) is 0.286. The van der Waals surface area contributed by atoms with Crippen LogP contribution in [0.25, 0.3) is 0 Å². The molecule has 0 radical (unpaired) electrons. The Bertz CT molecular complexity index is 435. The van der Waals surface area contributed by atoms with Gasteiger partial charge in [-0.25, -0.2) is 4.79 Å². The van der Waals surface area contributed by atoms with Crippen molar-refractivity contribution >= 4 is 0 Å². The Morgan fingerprint density at radius 1 is 1.67 bits per heavy atom. The highest BCUT2D eigenvalue weighted by atomic mass is 16.2. The fourth-order valence-electron chi connectivity index (χ4n) is 0.812. The third-order valence-corrected chi connectivity index (χ3v) is 1.43. The Morgan fingerprint density at radius 3 is 2.92 bits per heavy atom. The molecule has 0 amide bonds. The summed E-state index contributed by atoms with van der Waals surface area (Å²) in [4.78, 5) is 23.9. The van der Waals surface area contributed by atoms with E-state index >= 15 is 0 Å². The van der Waals surface area contributed by atoms with Gasteiger partial charge in [0.2, 0.25) is 0 Å². The summed E-state index contributed by atoms with van der Waals surface area (Å²) in [7, 11) is 0. The van der Waals surface area contributed by atoms with Gasteiger partial charge in [-0.1, -0.05) is 0 Å². The first kappa shape index (κ1) is 8.27. The predicted octanol–water partition coefficient (Wildman–Crippen LogP) is -0.631. The summed E-state index contributed by atoms with van der Waals surface area (Å²) in [5, 5.41) is 8.30. The highest BCUT2D eigenvalue weighted by Gasteiger charge is 1.98. The van der Waals surface area contributed by atoms with Crippen molar-refractivity contribution in [3.05, 3.63) is 32.6 Å². The summed E-state index contributed by atoms with van der Waals surface area (Å²) in [5.74, 6) is 0. The molecule has 0 bridgehead atoms. The summed E-state index contributed by atoms with van der Waals surface area (Å²) in [5.41, 5.74) is -0.536. The summed E-state index contributed by atoms with van der Waals surface area (Å²) in [6, 6.07) is 1.81. The number of rotatable bonds is 1. The molecule has 5 heteroatoms. The van der Waals surface area contributed by atoms with Crippen LogP contribution in [0.3, 0.4) is 0 Å². The van der Waals surface area contributed by atoms with Crippen LogP contribution in [-0.4, -0.2) is 9.55 Å². The molecule has 0 saturated heterocycles. The Balaban J connectivity index is 3.35. The van der Waals surface area contributed by atoms with Gasteiger partial charge in [-0.3, -0.25) is 14.3 Å². The van der Waals surface area contributed by atoms with E-state index in [1.54, 1.807) is 6.92 Å². The van der Waals surface area contributed by atoms with E-state index in [0.717, 1.165) is 4.57 Å². The van der Waals surface area contributed by atoms with E-state index < -0.39 is 11.2 Å². The number of aromatic amines is 1. The standard InChI is InChI=1S/C7H7N3O2/c1-5-4-10(3-2-8)7(12)9-6(5)11/h4H,3H2,1H3,(H,9,11,12). The lowest BCUT2D eigenvalue weighted by atomic mass is 10.4.